The summed E-state index contributed by atoms with van der Waals surface area (Å²) in [6.45, 7) is 8.64. The first-order chi connectivity index (χ1) is 13.3. The predicted molar refractivity (Wildman–Crippen MR) is 106 cm³/mol. The third-order valence-electron chi connectivity index (χ3n) is 5.26. The number of hydrogen-bond acceptors (Lipinski definition) is 4. The summed E-state index contributed by atoms with van der Waals surface area (Å²) in [5.41, 5.74) is 0.733. The summed E-state index contributed by atoms with van der Waals surface area (Å²) in [4.78, 5) is 35.9. The Morgan fingerprint density at radius 1 is 1.29 bits per heavy atom. The van der Waals surface area contributed by atoms with Crippen molar-refractivity contribution in [1.29, 1.82) is 0 Å². The van der Waals surface area contributed by atoms with Gasteiger partial charge in [-0.15, -0.1) is 0 Å². The molecule has 1 aliphatic heterocycles. The molecule has 0 aliphatic carbocycles. The van der Waals surface area contributed by atoms with Crippen molar-refractivity contribution in [3.8, 4) is 0 Å². The van der Waals surface area contributed by atoms with E-state index in [1.54, 1.807) is 24.0 Å². The number of amides is 1. The van der Waals surface area contributed by atoms with E-state index in [0.717, 1.165) is 18.5 Å². The lowest BCUT2D eigenvalue weighted by Crippen LogP contribution is -2.46. The van der Waals surface area contributed by atoms with Gasteiger partial charge in [0.05, 0.1) is 0 Å². The first-order valence-corrected chi connectivity index (χ1v) is 9.69. The zero-order chi connectivity index (χ0) is 20.3. The Hall–Kier alpha value is -2.54. The van der Waals surface area contributed by atoms with Gasteiger partial charge in [0.2, 0.25) is 0 Å². The molecule has 1 aromatic heterocycles. The summed E-state index contributed by atoms with van der Waals surface area (Å²) < 4.78 is 13.2. The van der Waals surface area contributed by atoms with Gasteiger partial charge in [-0.05, 0) is 37.0 Å². The molecule has 1 unspecified atom stereocenters. The van der Waals surface area contributed by atoms with Crippen LogP contribution in [-0.2, 0) is 6.54 Å². The van der Waals surface area contributed by atoms with Crippen LogP contribution in [0.4, 0.5) is 4.39 Å². The van der Waals surface area contributed by atoms with Crippen LogP contribution in [0.15, 0.2) is 35.3 Å². The minimum Gasteiger partial charge on any atom is -0.337 e. The highest BCUT2D eigenvalue weighted by molar-refractivity contribution is 5.93. The van der Waals surface area contributed by atoms with Gasteiger partial charge >= 0.3 is 0 Å². The third kappa shape index (κ3) is 4.65. The normalized spacial score (nSPS) is 18.3. The van der Waals surface area contributed by atoms with Gasteiger partial charge in [-0.3, -0.25) is 14.5 Å². The number of nitrogens with one attached hydrogen (secondary N) is 1. The second-order valence-electron chi connectivity index (χ2n) is 7.72. The minimum absolute atomic E-state index is 0.0834. The number of aromatic amines is 1. The number of halogens is 1. The zero-order valence-electron chi connectivity index (χ0n) is 16.6. The summed E-state index contributed by atoms with van der Waals surface area (Å²) in [5, 5.41) is 0. The Balaban J connectivity index is 1.79. The maximum absolute atomic E-state index is 13.2. The lowest BCUT2D eigenvalue weighted by molar-refractivity contribution is 0.0700. The van der Waals surface area contributed by atoms with Crippen molar-refractivity contribution >= 4 is 5.91 Å². The van der Waals surface area contributed by atoms with Crippen molar-refractivity contribution < 1.29 is 9.18 Å². The molecule has 3 rings (SSSR count). The third-order valence-corrected chi connectivity index (χ3v) is 5.26. The molecule has 1 aromatic carbocycles. The number of nitrogens with zero attached hydrogens (tertiary/aromatic N) is 3. The summed E-state index contributed by atoms with van der Waals surface area (Å²) in [6.07, 6.45) is 2.18. The molecule has 2 aromatic rings. The maximum Gasteiger partial charge on any atom is 0.263 e. The van der Waals surface area contributed by atoms with Crippen molar-refractivity contribution in [1.82, 2.24) is 19.8 Å². The van der Waals surface area contributed by atoms with Crippen molar-refractivity contribution in [2.45, 2.75) is 39.8 Å². The van der Waals surface area contributed by atoms with Crippen molar-refractivity contribution in [3.05, 3.63) is 63.6 Å². The lowest BCUT2D eigenvalue weighted by atomic mass is 10.0. The molecule has 150 valence electrons. The molecular weight excluding hydrogens is 359 g/mol. The van der Waals surface area contributed by atoms with E-state index in [-0.39, 0.29) is 23.3 Å². The fraction of sp³-hybridized carbons (Fsp3) is 0.476. The Morgan fingerprint density at radius 2 is 2.00 bits per heavy atom. The Labute approximate surface area is 164 Å². The van der Waals surface area contributed by atoms with Gasteiger partial charge in [0, 0.05) is 38.4 Å². The van der Waals surface area contributed by atoms with E-state index in [9.17, 15) is 14.0 Å². The van der Waals surface area contributed by atoms with Crippen molar-refractivity contribution in [2.24, 2.45) is 5.92 Å². The van der Waals surface area contributed by atoms with Gasteiger partial charge in [-0.1, -0.05) is 26.0 Å². The lowest BCUT2D eigenvalue weighted by Gasteiger charge is -2.34. The first kappa shape index (κ1) is 20.2. The molecule has 1 aliphatic rings. The van der Waals surface area contributed by atoms with Crippen LogP contribution in [-0.4, -0.2) is 51.4 Å². The Morgan fingerprint density at radius 3 is 2.64 bits per heavy atom. The average molecular weight is 386 g/mol. The number of benzene rings is 1. The van der Waals surface area contributed by atoms with Gasteiger partial charge in [0.25, 0.3) is 11.5 Å². The number of aromatic nitrogens is 2. The Kier molecular flexibility index (Phi) is 6.24. The topological polar surface area (TPSA) is 69.3 Å². The van der Waals surface area contributed by atoms with Crippen LogP contribution in [0.2, 0.25) is 0 Å². The molecule has 7 heteroatoms. The van der Waals surface area contributed by atoms with Gasteiger partial charge in [0.15, 0.2) is 0 Å². The van der Waals surface area contributed by atoms with Gasteiger partial charge in [-0.25, -0.2) is 9.37 Å². The molecule has 0 saturated carbocycles. The van der Waals surface area contributed by atoms with Crippen LogP contribution in [0.1, 0.15) is 42.0 Å². The Bertz CT molecular complexity index is 879. The van der Waals surface area contributed by atoms with Crippen molar-refractivity contribution in [3.63, 3.8) is 0 Å². The first-order valence-electron chi connectivity index (χ1n) is 9.69. The quantitative estimate of drug-likeness (QED) is 0.877. The van der Waals surface area contributed by atoms with Gasteiger partial charge in [0.1, 0.15) is 17.2 Å². The molecule has 6 nitrogen and oxygen atoms in total. The summed E-state index contributed by atoms with van der Waals surface area (Å²) in [7, 11) is 0. The largest absolute Gasteiger partial charge is 0.337 e. The maximum atomic E-state index is 13.2. The van der Waals surface area contributed by atoms with E-state index in [2.05, 4.69) is 28.7 Å². The van der Waals surface area contributed by atoms with Crippen LogP contribution < -0.4 is 5.56 Å². The van der Waals surface area contributed by atoms with Crippen LogP contribution in [0.25, 0.3) is 0 Å². The van der Waals surface area contributed by atoms with E-state index < -0.39 is 5.56 Å². The number of rotatable bonds is 4. The number of carbonyl (C=O) groups is 1. The molecule has 1 amide bonds. The second kappa shape index (κ2) is 8.65. The standard InChI is InChI=1S/C21H27FN4O2/c1-14(2)19-13-26(21(28)18-11-23-15(3)24-20(18)27)10-4-9-25(19)12-16-5-7-17(22)8-6-16/h5-8,11,14,19H,4,9-10,12-13H2,1-3H3,(H,23,24,27). The zero-order valence-corrected chi connectivity index (χ0v) is 16.6. The molecule has 1 atom stereocenters. The molecule has 0 bridgehead atoms. The number of hydrogen-bond donors (Lipinski definition) is 1. The summed E-state index contributed by atoms with van der Waals surface area (Å²) in [5.74, 6) is 0.294. The highest BCUT2D eigenvalue weighted by Crippen LogP contribution is 2.21. The molecule has 28 heavy (non-hydrogen) atoms. The summed E-state index contributed by atoms with van der Waals surface area (Å²) in [6, 6.07) is 6.71. The fourth-order valence-corrected chi connectivity index (χ4v) is 3.71. The van der Waals surface area contributed by atoms with Gasteiger partial charge < -0.3 is 9.88 Å². The van der Waals surface area contributed by atoms with E-state index in [0.29, 0.717) is 31.4 Å². The van der Waals surface area contributed by atoms with Crippen molar-refractivity contribution in [2.75, 3.05) is 19.6 Å². The highest BCUT2D eigenvalue weighted by Gasteiger charge is 2.30. The molecule has 1 fully saturated rings. The molecule has 1 N–H and O–H groups in total. The van der Waals surface area contributed by atoms with E-state index in [1.165, 1.54) is 18.3 Å². The predicted octanol–water partition coefficient (Wildman–Crippen LogP) is 2.59. The molecule has 0 radical (unpaired) electrons. The fourth-order valence-electron chi connectivity index (χ4n) is 3.71. The van der Waals surface area contributed by atoms with Gasteiger partial charge in [-0.2, -0.15) is 0 Å². The molecule has 1 saturated heterocycles. The minimum atomic E-state index is -0.397. The molecule has 0 spiro atoms. The van der Waals surface area contributed by atoms with E-state index in [4.69, 9.17) is 0 Å². The number of H-pyrrole nitrogens is 1. The number of carbonyl (C=O) groups excluding carboxylic acids is 1. The smallest absolute Gasteiger partial charge is 0.263 e. The van der Waals surface area contributed by atoms with E-state index in [1.807, 2.05) is 0 Å². The monoisotopic (exact) mass is 386 g/mol. The summed E-state index contributed by atoms with van der Waals surface area (Å²) >= 11 is 0. The SMILES string of the molecule is Cc1ncc(C(=O)N2CCCN(Cc3ccc(F)cc3)C(C(C)C)C2)c(=O)[nH]1. The molecular formula is C21H27FN4O2. The van der Waals surface area contributed by atoms with Crippen LogP contribution in [0.3, 0.4) is 0 Å². The van der Waals surface area contributed by atoms with E-state index >= 15 is 0 Å². The van der Waals surface area contributed by atoms with Crippen LogP contribution >= 0.6 is 0 Å². The number of aryl methyl sites for hydroxylation is 1. The second-order valence-corrected chi connectivity index (χ2v) is 7.72. The average Bonchev–Trinajstić information content (AvgIpc) is 2.86. The molecule has 2 heterocycles. The van der Waals surface area contributed by atoms with Crippen LogP contribution in [0.5, 0.6) is 0 Å². The van der Waals surface area contributed by atoms with Crippen LogP contribution in [0, 0.1) is 18.7 Å². The highest BCUT2D eigenvalue weighted by atomic mass is 19.1.